The summed E-state index contributed by atoms with van der Waals surface area (Å²) < 4.78 is 18.3. The van der Waals surface area contributed by atoms with Gasteiger partial charge in [-0.3, -0.25) is 10.1 Å². The van der Waals surface area contributed by atoms with Crippen LogP contribution in [0.25, 0.3) is 0 Å². The van der Waals surface area contributed by atoms with Crippen LogP contribution in [0.5, 0.6) is 0 Å². The zero-order valence-electron chi connectivity index (χ0n) is 9.07. The summed E-state index contributed by atoms with van der Waals surface area (Å²) in [5.41, 5.74) is 5.47. The molecule has 4 nitrogen and oxygen atoms in total. The first-order valence-corrected chi connectivity index (χ1v) is 4.93. The van der Waals surface area contributed by atoms with Gasteiger partial charge in [-0.15, -0.1) is 0 Å². The molecule has 0 aromatic heterocycles. The minimum absolute atomic E-state index is 0.256. The van der Waals surface area contributed by atoms with E-state index in [0.29, 0.717) is 13.2 Å². The smallest absolute Gasteiger partial charge is 0.239 e. The molecule has 16 heavy (non-hydrogen) atoms. The molecule has 1 rings (SSSR count). The van der Waals surface area contributed by atoms with Crippen LogP contribution in [0.4, 0.5) is 4.39 Å². The summed E-state index contributed by atoms with van der Waals surface area (Å²) in [6, 6.07) is 5.23. The predicted octanol–water partition coefficient (Wildman–Crippen LogP) is 0.588. The number of amides is 1. The lowest BCUT2D eigenvalue weighted by Crippen LogP contribution is -2.35. The van der Waals surface area contributed by atoms with Crippen LogP contribution in [-0.4, -0.2) is 26.2 Å². The Balaban J connectivity index is 2.78. The molecule has 1 unspecified atom stereocenters. The Bertz CT molecular complexity index is 358. The van der Waals surface area contributed by atoms with E-state index in [1.54, 1.807) is 19.2 Å². The van der Waals surface area contributed by atoms with E-state index in [1.807, 2.05) is 0 Å². The molecule has 0 radical (unpaired) electrons. The van der Waals surface area contributed by atoms with E-state index < -0.39 is 17.8 Å². The summed E-state index contributed by atoms with van der Waals surface area (Å²) in [5, 5.41) is 2.84. The zero-order valence-corrected chi connectivity index (χ0v) is 9.07. The second kappa shape index (κ2) is 6.19. The molecular formula is C11H15FN2O2. The van der Waals surface area contributed by atoms with Crippen molar-refractivity contribution in [2.75, 3.05) is 20.3 Å². The molecule has 1 aromatic carbocycles. The van der Waals surface area contributed by atoms with Gasteiger partial charge in [0.1, 0.15) is 11.9 Å². The SMILES string of the molecule is COCCNC(C(N)=O)c1ccccc1F. The molecule has 3 N–H and O–H groups in total. The van der Waals surface area contributed by atoms with Crippen molar-refractivity contribution in [3.8, 4) is 0 Å². The second-order valence-corrected chi connectivity index (χ2v) is 3.30. The number of nitrogens with one attached hydrogen (secondary N) is 1. The lowest BCUT2D eigenvalue weighted by molar-refractivity contribution is -0.120. The molecule has 1 amide bonds. The molecule has 1 atom stereocenters. The number of ether oxygens (including phenoxy) is 1. The summed E-state index contributed by atoms with van der Waals surface area (Å²) in [5.74, 6) is -1.06. The van der Waals surface area contributed by atoms with Crippen LogP contribution >= 0.6 is 0 Å². The second-order valence-electron chi connectivity index (χ2n) is 3.30. The predicted molar refractivity (Wildman–Crippen MR) is 58.2 cm³/mol. The van der Waals surface area contributed by atoms with Crippen LogP contribution in [0.3, 0.4) is 0 Å². The average Bonchev–Trinajstić information content (AvgIpc) is 2.25. The van der Waals surface area contributed by atoms with Crippen LogP contribution in [-0.2, 0) is 9.53 Å². The Hall–Kier alpha value is -1.46. The number of halogens is 1. The van der Waals surface area contributed by atoms with Crippen molar-refractivity contribution in [2.24, 2.45) is 5.73 Å². The molecule has 0 aliphatic rings. The fourth-order valence-corrected chi connectivity index (χ4v) is 1.38. The number of hydrogen-bond acceptors (Lipinski definition) is 3. The van der Waals surface area contributed by atoms with Gasteiger partial charge in [0.05, 0.1) is 6.61 Å². The van der Waals surface area contributed by atoms with Gasteiger partial charge in [-0.05, 0) is 6.07 Å². The van der Waals surface area contributed by atoms with Crippen molar-refractivity contribution in [1.82, 2.24) is 5.32 Å². The van der Waals surface area contributed by atoms with E-state index >= 15 is 0 Å². The molecular weight excluding hydrogens is 211 g/mol. The highest BCUT2D eigenvalue weighted by molar-refractivity contribution is 5.81. The van der Waals surface area contributed by atoms with Gasteiger partial charge in [0.25, 0.3) is 0 Å². The van der Waals surface area contributed by atoms with Crippen molar-refractivity contribution in [1.29, 1.82) is 0 Å². The van der Waals surface area contributed by atoms with Gasteiger partial charge in [0.15, 0.2) is 0 Å². The highest BCUT2D eigenvalue weighted by atomic mass is 19.1. The average molecular weight is 226 g/mol. The maximum absolute atomic E-state index is 13.4. The van der Waals surface area contributed by atoms with Crippen LogP contribution in [0.15, 0.2) is 24.3 Å². The van der Waals surface area contributed by atoms with Crippen molar-refractivity contribution < 1.29 is 13.9 Å². The number of methoxy groups -OCH3 is 1. The highest BCUT2D eigenvalue weighted by Crippen LogP contribution is 2.16. The Morgan fingerprint density at radius 2 is 2.25 bits per heavy atom. The van der Waals surface area contributed by atoms with E-state index in [0.717, 1.165) is 0 Å². The number of rotatable bonds is 6. The van der Waals surface area contributed by atoms with E-state index in [9.17, 15) is 9.18 Å². The van der Waals surface area contributed by atoms with Crippen molar-refractivity contribution in [3.63, 3.8) is 0 Å². The van der Waals surface area contributed by atoms with Crippen molar-refractivity contribution >= 4 is 5.91 Å². The Kier molecular flexibility index (Phi) is 4.88. The first-order valence-electron chi connectivity index (χ1n) is 4.93. The standard InChI is InChI=1S/C11H15FN2O2/c1-16-7-6-14-10(11(13)15)8-4-2-3-5-9(8)12/h2-5,10,14H,6-7H2,1H3,(H2,13,15). The number of carbonyl (C=O) groups excluding carboxylic acids is 1. The number of nitrogens with two attached hydrogens (primary N) is 1. The van der Waals surface area contributed by atoms with Crippen LogP contribution in [0.2, 0.25) is 0 Å². The molecule has 0 heterocycles. The summed E-state index contributed by atoms with van der Waals surface area (Å²) in [4.78, 5) is 11.2. The fraction of sp³-hybridized carbons (Fsp3) is 0.364. The van der Waals surface area contributed by atoms with Gasteiger partial charge in [-0.2, -0.15) is 0 Å². The number of hydrogen-bond donors (Lipinski definition) is 2. The van der Waals surface area contributed by atoms with Gasteiger partial charge >= 0.3 is 0 Å². The third-order valence-corrected chi connectivity index (χ3v) is 2.16. The van der Waals surface area contributed by atoms with Gasteiger partial charge in [0.2, 0.25) is 5.91 Å². The maximum Gasteiger partial charge on any atom is 0.239 e. The molecule has 0 saturated carbocycles. The first kappa shape index (κ1) is 12.6. The first-order chi connectivity index (χ1) is 7.66. The minimum atomic E-state index is -0.823. The monoisotopic (exact) mass is 226 g/mol. The van der Waals surface area contributed by atoms with Crippen molar-refractivity contribution in [2.45, 2.75) is 6.04 Å². The summed E-state index contributed by atoms with van der Waals surface area (Å²) in [6.07, 6.45) is 0. The minimum Gasteiger partial charge on any atom is -0.383 e. The summed E-state index contributed by atoms with van der Waals surface area (Å²) in [7, 11) is 1.55. The van der Waals surface area contributed by atoms with Crippen LogP contribution in [0.1, 0.15) is 11.6 Å². The number of benzene rings is 1. The van der Waals surface area contributed by atoms with Crippen LogP contribution < -0.4 is 11.1 Å². The molecule has 0 bridgehead atoms. The topological polar surface area (TPSA) is 64.3 Å². The van der Waals surface area contributed by atoms with E-state index in [2.05, 4.69) is 5.32 Å². The molecule has 88 valence electrons. The van der Waals surface area contributed by atoms with E-state index in [1.165, 1.54) is 12.1 Å². The molecule has 5 heteroatoms. The van der Waals surface area contributed by atoms with Crippen molar-refractivity contribution in [3.05, 3.63) is 35.6 Å². The van der Waals surface area contributed by atoms with E-state index in [-0.39, 0.29) is 5.56 Å². The fourth-order valence-electron chi connectivity index (χ4n) is 1.38. The van der Waals surface area contributed by atoms with Gasteiger partial charge < -0.3 is 10.5 Å². The highest BCUT2D eigenvalue weighted by Gasteiger charge is 2.19. The lowest BCUT2D eigenvalue weighted by atomic mass is 10.1. The van der Waals surface area contributed by atoms with E-state index in [4.69, 9.17) is 10.5 Å². The normalized spacial score (nSPS) is 12.4. The largest absolute Gasteiger partial charge is 0.383 e. The molecule has 1 aromatic rings. The third-order valence-electron chi connectivity index (χ3n) is 2.16. The Labute approximate surface area is 93.6 Å². The van der Waals surface area contributed by atoms with Crippen LogP contribution in [0, 0.1) is 5.82 Å². The number of carbonyl (C=O) groups is 1. The molecule has 0 aliphatic carbocycles. The third kappa shape index (κ3) is 3.29. The lowest BCUT2D eigenvalue weighted by Gasteiger charge is -2.16. The Morgan fingerprint density at radius 1 is 1.56 bits per heavy atom. The summed E-state index contributed by atoms with van der Waals surface area (Å²) in [6.45, 7) is 0.858. The summed E-state index contributed by atoms with van der Waals surface area (Å²) >= 11 is 0. The molecule has 0 spiro atoms. The number of primary amides is 1. The van der Waals surface area contributed by atoms with Gasteiger partial charge in [0, 0.05) is 19.2 Å². The molecule has 0 saturated heterocycles. The quantitative estimate of drug-likeness (QED) is 0.698. The maximum atomic E-state index is 13.4. The Morgan fingerprint density at radius 3 is 2.81 bits per heavy atom. The molecule has 0 fully saturated rings. The zero-order chi connectivity index (χ0) is 12.0. The molecule has 0 aliphatic heterocycles. The van der Waals surface area contributed by atoms with Gasteiger partial charge in [-0.25, -0.2) is 4.39 Å². The van der Waals surface area contributed by atoms with Gasteiger partial charge in [-0.1, -0.05) is 18.2 Å².